The highest BCUT2D eigenvalue weighted by Crippen LogP contribution is 2.16. The summed E-state index contributed by atoms with van der Waals surface area (Å²) in [5, 5.41) is 3.18. The van der Waals surface area contributed by atoms with Crippen LogP contribution in [0.25, 0.3) is 0 Å². The molecule has 1 rings (SSSR count). The monoisotopic (exact) mass is 272 g/mol. The van der Waals surface area contributed by atoms with Crippen molar-refractivity contribution >= 4 is 11.9 Å². The number of carbonyl (C=O) groups excluding carboxylic acids is 2. The second kappa shape index (κ2) is 8.12. The molecule has 1 fully saturated rings. The van der Waals surface area contributed by atoms with Gasteiger partial charge in [-0.1, -0.05) is 6.92 Å². The molecule has 1 aliphatic rings. The molecule has 1 heterocycles. The number of amides is 1. The van der Waals surface area contributed by atoms with Gasteiger partial charge in [-0.2, -0.15) is 0 Å². The Hall–Kier alpha value is -1.14. The van der Waals surface area contributed by atoms with Crippen molar-refractivity contribution in [1.29, 1.82) is 0 Å². The minimum atomic E-state index is -0.377. The smallest absolute Gasteiger partial charge is 0.325 e. The Labute approximate surface area is 114 Å². The van der Waals surface area contributed by atoms with Gasteiger partial charge in [-0.25, -0.2) is 0 Å². The molecule has 6 nitrogen and oxygen atoms in total. The molecule has 1 saturated heterocycles. The van der Waals surface area contributed by atoms with Crippen LogP contribution in [0.4, 0.5) is 0 Å². The second-order valence-electron chi connectivity index (χ2n) is 4.76. The molecule has 2 unspecified atom stereocenters. The number of rotatable bonds is 7. The lowest BCUT2D eigenvalue weighted by Crippen LogP contribution is -2.49. The Morgan fingerprint density at radius 2 is 2.16 bits per heavy atom. The maximum Gasteiger partial charge on any atom is 0.325 e. The van der Waals surface area contributed by atoms with Crippen LogP contribution in [-0.2, 0) is 19.1 Å². The Morgan fingerprint density at radius 3 is 2.68 bits per heavy atom. The summed E-state index contributed by atoms with van der Waals surface area (Å²) in [4.78, 5) is 25.5. The number of methoxy groups -OCH3 is 1. The summed E-state index contributed by atoms with van der Waals surface area (Å²) in [7, 11) is 1.57. The van der Waals surface area contributed by atoms with Crippen LogP contribution >= 0.6 is 0 Å². The molecule has 0 aromatic heterocycles. The zero-order chi connectivity index (χ0) is 14.3. The summed E-state index contributed by atoms with van der Waals surface area (Å²) in [6.45, 7) is 5.76. The Balaban J connectivity index is 2.61. The number of nitrogens with one attached hydrogen (secondary N) is 1. The predicted molar refractivity (Wildman–Crippen MR) is 70.7 cm³/mol. The molecular weight excluding hydrogens is 248 g/mol. The summed E-state index contributed by atoms with van der Waals surface area (Å²) in [6.07, 6.45) is 0.980. The van der Waals surface area contributed by atoms with Gasteiger partial charge < -0.3 is 19.7 Å². The third-order valence-corrected chi connectivity index (χ3v) is 3.30. The first-order chi connectivity index (χ1) is 9.10. The third kappa shape index (κ3) is 4.80. The predicted octanol–water partition coefficient (Wildman–Crippen LogP) is 0.0225. The van der Waals surface area contributed by atoms with E-state index in [2.05, 4.69) is 5.32 Å². The van der Waals surface area contributed by atoms with Crippen molar-refractivity contribution in [2.45, 2.75) is 26.3 Å². The third-order valence-electron chi connectivity index (χ3n) is 3.30. The molecule has 0 radical (unpaired) electrons. The number of hydrogen-bond donors (Lipinski definition) is 1. The van der Waals surface area contributed by atoms with Gasteiger partial charge in [0.15, 0.2) is 0 Å². The second-order valence-corrected chi connectivity index (χ2v) is 4.76. The van der Waals surface area contributed by atoms with Gasteiger partial charge in [-0.15, -0.1) is 0 Å². The normalized spacial score (nSPS) is 22.3. The Kier molecular flexibility index (Phi) is 6.80. The van der Waals surface area contributed by atoms with Crippen molar-refractivity contribution in [3.05, 3.63) is 0 Å². The minimum Gasteiger partial charge on any atom is -0.465 e. The largest absolute Gasteiger partial charge is 0.465 e. The fourth-order valence-corrected chi connectivity index (χ4v) is 2.19. The van der Waals surface area contributed by atoms with Gasteiger partial charge in [-0.3, -0.25) is 9.59 Å². The van der Waals surface area contributed by atoms with Gasteiger partial charge >= 0.3 is 5.97 Å². The molecule has 0 aromatic rings. The summed E-state index contributed by atoms with van der Waals surface area (Å²) in [5.41, 5.74) is 0. The van der Waals surface area contributed by atoms with Gasteiger partial charge in [0.25, 0.3) is 0 Å². The molecule has 0 spiro atoms. The molecule has 19 heavy (non-hydrogen) atoms. The van der Waals surface area contributed by atoms with Crippen molar-refractivity contribution in [2.24, 2.45) is 5.92 Å². The number of ether oxygens (including phenoxy) is 2. The topological polar surface area (TPSA) is 67.9 Å². The molecule has 110 valence electrons. The molecule has 1 N–H and O–H groups in total. The highest BCUT2D eigenvalue weighted by Gasteiger charge is 2.33. The minimum absolute atomic E-state index is 0.0130. The van der Waals surface area contributed by atoms with E-state index in [0.717, 1.165) is 13.0 Å². The fraction of sp³-hybridized carbons (Fsp3) is 0.846. The Morgan fingerprint density at radius 1 is 1.42 bits per heavy atom. The first-order valence-electron chi connectivity index (χ1n) is 6.76. The van der Waals surface area contributed by atoms with Crippen LogP contribution in [0, 0.1) is 5.92 Å². The van der Waals surface area contributed by atoms with Crippen LogP contribution in [0.3, 0.4) is 0 Å². The molecule has 0 saturated carbocycles. The average molecular weight is 272 g/mol. The summed E-state index contributed by atoms with van der Waals surface area (Å²) >= 11 is 0. The van der Waals surface area contributed by atoms with Crippen molar-refractivity contribution in [2.75, 3.05) is 40.0 Å². The highest BCUT2D eigenvalue weighted by atomic mass is 16.5. The standard InChI is InChI=1S/C13H24N2O4/c1-4-19-11(16)9-15(7-8-18-3)13(17)12-10(2)5-6-14-12/h10,12,14H,4-9H2,1-3H3. The van der Waals surface area contributed by atoms with Gasteiger partial charge in [0.05, 0.1) is 19.3 Å². The van der Waals surface area contributed by atoms with E-state index in [9.17, 15) is 9.59 Å². The van der Waals surface area contributed by atoms with Gasteiger partial charge in [0.1, 0.15) is 6.54 Å². The van der Waals surface area contributed by atoms with E-state index < -0.39 is 0 Å². The maximum atomic E-state index is 12.4. The van der Waals surface area contributed by atoms with E-state index in [1.54, 1.807) is 14.0 Å². The fourth-order valence-electron chi connectivity index (χ4n) is 2.19. The van der Waals surface area contributed by atoms with Crippen LogP contribution in [0.1, 0.15) is 20.3 Å². The van der Waals surface area contributed by atoms with Crippen LogP contribution in [0.2, 0.25) is 0 Å². The van der Waals surface area contributed by atoms with Crippen LogP contribution in [0.15, 0.2) is 0 Å². The van der Waals surface area contributed by atoms with Crippen molar-refractivity contribution in [3.63, 3.8) is 0 Å². The van der Waals surface area contributed by atoms with Crippen molar-refractivity contribution in [1.82, 2.24) is 10.2 Å². The van der Waals surface area contributed by atoms with E-state index in [4.69, 9.17) is 9.47 Å². The maximum absolute atomic E-state index is 12.4. The summed E-state index contributed by atoms with van der Waals surface area (Å²) in [5.74, 6) is -0.132. The molecule has 0 aliphatic carbocycles. The summed E-state index contributed by atoms with van der Waals surface area (Å²) in [6, 6.07) is -0.203. The first kappa shape index (κ1) is 15.9. The lowest BCUT2D eigenvalue weighted by Gasteiger charge is -2.26. The lowest BCUT2D eigenvalue weighted by molar-refractivity contribution is -0.150. The molecule has 2 atom stereocenters. The number of nitrogens with zero attached hydrogens (tertiary/aromatic N) is 1. The van der Waals surface area contributed by atoms with E-state index >= 15 is 0 Å². The highest BCUT2D eigenvalue weighted by molar-refractivity contribution is 5.86. The molecule has 0 aromatic carbocycles. The van der Waals surface area contributed by atoms with Crippen molar-refractivity contribution < 1.29 is 19.1 Å². The molecule has 6 heteroatoms. The van der Waals surface area contributed by atoms with Crippen LogP contribution in [0.5, 0.6) is 0 Å². The zero-order valence-electron chi connectivity index (χ0n) is 12.0. The quantitative estimate of drug-likeness (QED) is 0.662. The van der Waals surface area contributed by atoms with Crippen LogP contribution < -0.4 is 5.32 Å². The SMILES string of the molecule is CCOC(=O)CN(CCOC)C(=O)C1NCCC1C. The van der Waals surface area contributed by atoms with Crippen molar-refractivity contribution in [3.8, 4) is 0 Å². The van der Waals surface area contributed by atoms with Gasteiger partial charge in [0, 0.05) is 13.7 Å². The van der Waals surface area contributed by atoms with E-state index in [1.807, 2.05) is 6.92 Å². The molecular formula is C13H24N2O4. The number of carbonyl (C=O) groups is 2. The molecule has 0 bridgehead atoms. The van der Waals surface area contributed by atoms with E-state index in [0.29, 0.717) is 25.7 Å². The van der Waals surface area contributed by atoms with E-state index in [-0.39, 0.29) is 24.5 Å². The first-order valence-corrected chi connectivity index (χ1v) is 6.76. The van der Waals surface area contributed by atoms with Crippen LogP contribution in [-0.4, -0.2) is 62.8 Å². The molecule has 1 amide bonds. The number of esters is 1. The summed E-state index contributed by atoms with van der Waals surface area (Å²) < 4.78 is 9.89. The van der Waals surface area contributed by atoms with Gasteiger partial charge in [-0.05, 0) is 25.8 Å². The lowest BCUT2D eigenvalue weighted by atomic mass is 10.0. The molecule has 1 aliphatic heterocycles. The number of hydrogen-bond acceptors (Lipinski definition) is 5. The average Bonchev–Trinajstić information content (AvgIpc) is 2.80. The Bertz CT molecular complexity index is 309. The van der Waals surface area contributed by atoms with E-state index in [1.165, 1.54) is 4.90 Å². The van der Waals surface area contributed by atoms with Gasteiger partial charge in [0.2, 0.25) is 5.91 Å². The zero-order valence-corrected chi connectivity index (χ0v) is 12.0.